The molecule has 1 aromatic carbocycles. The number of methoxy groups -OCH3 is 1. The van der Waals surface area contributed by atoms with Crippen molar-refractivity contribution < 1.29 is 23.1 Å². The molecular weight excluding hydrogens is 596 g/mol. The normalized spacial score (nSPS) is 23.1. The Hall–Kier alpha value is -3.52. The molecule has 1 aromatic heterocycles. The fourth-order valence-electron chi connectivity index (χ4n) is 6.75. The second-order valence-corrected chi connectivity index (χ2v) is 13.8. The number of Topliss-reactive ketones (excluding diaryl/α,β-unsaturated/α-hetero) is 1. The number of benzene rings is 1. The molecule has 6 rings (SSSR count). The SMILES string of the molecule is C#CC(=O)C1CCC1CCSNc1ccc(NC(=O)c2ccc(OC)c(N3CCC(F)(F)CC3)n2)c(N2CCC3(CC2)CC3)c1. The van der Waals surface area contributed by atoms with Crippen LogP contribution in [0.5, 0.6) is 5.75 Å². The zero-order valence-electron chi connectivity index (χ0n) is 25.7. The molecule has 2 atom stereocenters. The van der Waals surface area contributed by atoms with Gasteiger partial charge in [0.2, 0.25) is 5.78 Å². The van der Waals surface area contributed by atoms with Crippen LogP contribution < -0.4 is 24.6 Å². The van der Waals surface area contributed by atoms with Gasteiger partial charge in [-0.1, -0.05) is 11.9 Å². The van der Waals surface area contributed by atoms with Crippen LogP contribution in [0.1, 0.15) is 68.3 Å². The number of terminal acetylenes is 1. The molecule has 2 aliphatic carbocycles. The molecule has 2 N–H and O–H groups in total. The predicted molar refractivity (Wildman–Crippen MR) is 175 cm³/mol. The van der Waals surface area contributed by atoms with E-state index in [9.17, 15) is 18.4 Å². The lowest BCUT2D eigenvalue weighted by atomic mass is 9.70. The van der Waals surface area contributed by atoms with Gasteiger partial charge in [-0.2, -0.15) is 0 Å². The van der Waals surface area contributed by atoms with E-state index in [0.29, 0.717) is 28.6 Å². The minimum atomic E-state index is -2.69. The summed E-state index contributed by atoms with van der Waals surface area (Å²) in [7, 11) is 1.51. The summed E-state index contributed by atoms with van der Waals surface area (Å²) in [6, 6.07) is 9.23. The van der Waals surface area contributed by atoms with Crippen LogP contribution in [0.3, 0.4) is 0 Å². The summed E-state index contributed by atoms with van der Waals surface area (Å²) in [5.74, 6) is 1.24. The zero-order chi connectivity index (χ0) is 31.6. The number of amides is 1. The molecule has 1 amide bonds. The highest BCUT2D eigenvalue weighted by molar-refractivity contribution is 8.00. The summed E-state index contributed by atoms with van der Waals surface area (Å²) < 4.78 is 36.5. The first-order valence-corrected chi connectivity index (χ1v) is 16.9. The average molecular weight is 638 g/mol. The number of alkyl halides is 2. The van der Waals surface area contributed by atoms with Crippen molar-refractivity contribution in [2.24, 2.45) is 17.3 Å². The highest BCUT2D eigenvalue weighted by atomic mass is 32.2. The minimum Gasteiger partial charge on any atom is -0.493 e. The van der Waals surface area contributed by atoms with Crippen LogP contribution in [0.2, 0.25) is 0 Å². The maximum Gasteiger partial charge on any atom is 0.274 e. The van der Waals surface area contributed by atoms with Crippen molar-refractivity contribution in [1.82, 2.24) is 4.98 Å². The van der Waals surface area contributed by atoms with Gasteiger partial charge in [0.15, 0.2) is 11.6 Å². The fraction of sp³-hybridized carbons (Fsp3) is 0.559. The smallest absolute Gasteiger partial charge is 0.274 e. The van der Waals surface area contributed by atoms with Crippen molar-refractivity contribution in [1.29, 1.82) is 0 Å². The molecule has 0 bridgehead atoms. The lowest BCUT2D eigenvalue weighted by molar-refractivity contribution is -0.122. The van der Waals surface area contributed by atoms with E-state index in [4.69, 9.17) is 11.2 Å². The minimum absolute atomic E-state index is 0.0137. The van der Waals surface area contributed by atoms with Gasteiger partial charge in [-0.05, 0) is 92.5 Å². The van der Waals surface area contributed by atoms with Crippen LogP contribution in [0.4, 0.5) is 31.7 Å². The first-order valence-electron chi connectivity index (χ1n) is 16.0. The first-order chi connectivity index (χ1) is 21.7. The number of pyridine rings is 1. The summed E-state index contributed by atoms with van der Waals surface area (Å²) in [6.07, 6.45) is 12.6. The lowest BCUT2D eigenvalue weighted by Gasteiger charge is -2.35. The Morgan fingerprint density at radius 1 is 1.04 bits per heavy atom. The van der Waals surface area contributed by atoms with E-state index < -0.39 is 5.92 Å². The summed E-state index contributed by atoms with van der Waals surface area (Å²) in [6.45, 7) is 2.13. The Kier molecular flexibility index (Phi) is 9.14. The molecule has 8 nitrogen and oxygen atoms in total. The van der Waals surface area contributed by atoms with Gasteiger partial charge in [-0.3, -0.25) is 9.59 Å². The van der Waals surface area contributed by atoms with Gasteiger partial charge in [0.05, 0.1) is 18.5 Å². The molecule has 2 aromatic rings. The monoisotopic (exact) mass is 637 g/mol. The molecule has 4 aliphatic rings. The standard InChI is InChI=1S/C34H41F2N5O3S/c1-3-29(42)25-6-4-23(25)10-21-45-39-24-5-7-26(28(22-24)40-17-13-33(11-12-33)14-18-40)38-32(43)27-8-9-30(44-2)31(37-27)41-19-15-34(35,36)16-20-41/h1,5,7-9,22-23,25,39H,4,6,10-21H2,2H3,(H,38,43). The van der Waals surface area contributed by atoms with E-state index in [1.807, 2.05) is 12.1 Å². The zero-order valence-corrected chi connectivity index (χ0v) is 26.6. The second-order valence-electron chi connectivity index (χ2n) is 12.9. The topological polar surface area (TPSA) is 86.8 Å². The number of rotatable bonds is 11. The van der Waals surface area contributed by atoms with Crippen LogP contribution in [-0.4, -0.2) is 61.6 Å². The lowest BCUT2D eigenvalue weighted by Crippen LogP contribution is -2.40. The van der Waals surface area contributed by atoms with E-state index in [1.165, 1.54) is 20.0 Å². The molecule has 2 saturated heterocycles. The van der Waals surface area contributed by atoms with Crippen molar-refractivity contribution in [2.75, 3.05) is 58.9 Å². The van der Waals surface area contributed by atoms with Gasteiger partial charge >= 0.3 is 0 Å². The number of halogens is 2. The van der Waals surface area contributed by atoms with Crippen LogP contribution in [0, 0.1) is 29.6 Å². The maximum atomic E-state index is 13.8. The number of nitrogens with one attached hydrogen (secondary N) is 2. The number of hydrogen-bond donors (Lipinski definition) is 2. The molecular formula is C34H41F2N5O3S. The molecule has 0 radical (unpaired) electrons. The van der Waals surface area contributed by atoms with Gasteiger partial charge in [-0.25, -0.2) is 13.8 Å². The largest absolute Gasteiger partial charge is 0.493 e. The van der Waals surface area contributed by atoms with E-state index in [1.54, 1.807) is 29.0 Å². The Labute approximate surface area is 268 Å². The summed E-state index contributed by atoms with van der Waals surface area (Å²) in [5, 5.41) is 3.08. The van der Waals surface area contributed by atoms with Gasteiger partial charge in [0, 0.05) is 56.4 Å². The summed E-state index contributed by atoms with van der Waals surface area (Å²) in [4.78, 5) is 34.1. The van der Waals surface area contributed by atoms with Crippen molar-refractivity contribution in [3.05, 3.63) is 36.0 Å². The molecule has 11 heteroatoms. The molecule has 1 spiro atoms. The number of aromatic nitrogens is 1. The van der Waals surface area contributed by atoms with E-state index in [2.05, 4.69) is 31.9 Å². The molecule has 240 valence electrons. The van der Waals surface area contributed by atoms with Gasteiger partial charge in [0.25, 0.3) is 11.8 Å². The summed E-state index contributed by atoms with van der Waals surface area (Å²) in [5.41, 5.74) is 3.30. The Balaban J connectivity index is 1.15. The Bertz CT molecular complexity index is 1460. The highest BCUT2D eigenvalue weighted by Crippen LogP contribution is 2.54. The van der Waals surface area contributed by atoms with Gasteiger partial charge in [0.1, 0.15) is 5.69 Å². The first kappa shape index (κ1) is 31.5. The van der Waals surface area contributed by atoms with E-state index in [0.717, 1.165) is 62.3 Å². The van der Waals surface area contributed by atoms with Crippen molar-refractivity contribution in [2.45, 2.75) is 63.7 Å². The molecule has 2 saturated carbocycles. The third-order valence-electron chi connectivity index (χ3n) is 10.1. The molecule has 3 heterocycles. The molecule has 4 fully saturated rings. The van der Waals surface area contributed by atoms with Crippen molar-refractivity contribution in [3.63, 3.8) is 0 Å². The molecule has 45 heavy (non-hydrogen) atoms. The number of nitrogens with zero attached hydrogens (tertiary/aromatic N) is 3. The summed E-state index contributed by atoms with van der Waals surface area (Å²) >= 11 is 1.61. The second kappa shape index (κ2) is 13.1. The quantitative estimate of drug-likeness (QED) is 0.123. The number of carbonyl (C=O) groups is 2. The van der Waals surface area contributed by atoms with E-state index >= 15 is 0 Å². The van der Waals surface area contributed by atoms with Crippen LogP contribution in [0.15, 0.2) is 30.3 Å². The van der Waals surface area contributed by atoms with Crippen LogP contribution >= 0.6 is 11.9 Å². The third-order valence-corrected chi connectivity index (χ3v) is 11.0. The third kappa shape index (κ3) is 7.16. The van der Waals surface area contributed by atoms with Crippen molar-refractivity contribution in [3.8, 4) is 18.1 Å². The average Bonchev–Trinajstić information content (AvgIpc) is 3.79. The number of piperidine rings is 2. The number of hydrogen-bond acceptors (Lipinski definition) is 8. The Morgan fingerprint density at radius 3 is 2.42 bits per heavy atom. The van der Waals surface area contributed by atoms with Crippen LogP contribution in [0.25, 0.3) is 0 Å². The van der Waals surface area contributed by atoms with Crippen molar-refractivity contribution >= 4 is 46.5 Å². The predicted octanol–water partition coefficient (Wildman–Crippen LogP) is 6.64. The fourth-order valence-corrected chi connectivity index (χ4v) is 7.57. The molecule has 2 aliphatic heterocycles. The Morgan fingerprint density at radius 2 is 1.78 bits per heavy atom. The number of carbonyl (C=O) groups excluding carboxylic acids is 2. The molecule has 2 unspecified atom stereocenters. The van der Waals surface area contributed by atoms with Gasteiger partial charge in [-0.15, -0.1) is 6.42 Å². The van der Waals surface area contributed by atoms with Crippen LogP contribution in [-0.2, 0) is 4.79 Å². The highest BCUT2D eigenvalue weighted by Gasteiger charge is 2.44. The maximum absolute atomic E-state index is 13.8. The van der Waals surface area contributed by atoms with E-state index in [-0.39, 0.29) is 49.2 Å². The number of anilines is 4. The number of ether oxygens (including phenoxy) is 1. The van der Waals surface area contributed by atoms with Gasteiger partial charge < -0.3 is 24.6 Å². The number of ketones is 1.